The van der Waals surface area contributed by atoms with Gasteiger partial charge in [-0.15, -0.1) is 24.0 Å². The molecule has 3 N–H and O–H groups in total. The van der Waals surface area contributed by atoms with E-state index in [4.69, 9.17) is 0 Å². The summed E-state index contributed by atoms with van der Waals surface area (Å²) in [6.45, 7) is 6.63. The highest BCUT2D eigenvalue weighted by Crippen LogP contribution is 1.97. The van der Waals surface area contributed by atoms with Crippen molar-refractivity contribution in [3.63, 3.8) is 0 Å². The van der Waals surface area contributed by atoms with E-state index >= 15 is 0 Å². The first-order chi connectivity index (χ1) is 9.78. The van der Waals surface area contributed by atoms with E-state index in [-0.39, 0.29) is 47.9 Å². The molecule has 130 valence electrons. The van der Waals surface area contributed by atoms with Crippen LogP contribution < -0.4 is 16.0 Å². The van der Waals surface area contributed by atoms with Crippen LogP contribution in [0.15, 0.2) is 4.99 Å². The quantitative estimate of drug-likeness (QED) is 0.185. The van der Waals surface area contributed by atoms with Gasteiger partial charge in [0.15, 0.2) is 5.96 Å². The fraction of sp³-hybridized carbons (Fsp3) is 0.786. The Morgan fingerprint density at radius 2 is 1.77 bits per heavy atom. The standard InChI is InChI=1S/C14H28N4O3.HI/c1-14(2,3)18-11(19)10-17-13(15-4)16-9-7-6-8-12(20)21-5;/h6-10H2,1-5H3,(H,18,19)(H2,15,16,17);1H. The Hall–Kier alpha value is -1.06. The highest BCUT2D eigenvalue weighted by molar-refractivity contribution is 14.0. The summed E-state index contributed by atoms with van der Waals surface area (Å²) in [6.07, 6.45) is 1.99. The van der Waals surface area contributed by atoms with E-state index in [1.54, 1.807) is 7.05 Å². The molecule has 8 heteroatoms. The number of aliphatic imine (C=N–C) groups is 1. The number of methoxy groups -OCH3 is 1. The molecule has 1 amide bonds. The minimum Gasteiger partial charge on any atom is -0.469 e. The molecule has 0 fully saturated rings. The molecule has 0 aromatic carbocycles. The highest BCUT2D eigenvalue weighted by atomic mass is 127. The minimum atomic E-state index is -0.246. The number of guanidine groups is 1. The van der Waals surface area contributed by atoms with Crippen LogP contribution in [0.3, 0.4) is 0 Å². The van der Waals surface area contributed by atoms with Gasteiger partial charge in [-0.25, -0.2) is 0 Å². The molecule has 0 aliphatic heterocycles. The van der Waals surface area contributed by atoms with E-state index in [1.165, 1.54) is 7.11 Å². The van der Waals surface area contributed by atoms with Crippen LogP contribution in [0.1, 0.15) is 40.0 Å². The Labute approximate surface area is 150 Å². The Balaban J connectivity index is 0. The number of unbranched alkanes of at least 4 members (excludes halogenated alkanes) is 1. The number of nitrogens with one attached hydrogen (secondary N) is 3. The lowest BCUT2D eigenvalue weighted by atomic mass is 10.1. The maximum Gasteiger partial charge on any atom is 0.305 e. The van der Waals surface area contributed by atoms with Gasteiger partial charge in [-0.3, -0.25) is 14.6 Å². The average molecular weight is 428 g/mol. The molecule has 0 unspecified atom stereocenters. The number of nitrogens with zero attached hydrogens (tertiary/aromatic N) is 1. The second-order valence-corrected chi connectivity index (χ2v) is 5.68. The lowest BCUT2D eigenvalue weighted by Gasteiger charge is -2.21. The van der Waals surface area contributed by atoms with E-state index in [1.807, 2.05) is 20.8 Å². The van der Waals surface area contributed by atoms with Crippen LogP contribution in [0, 0.1) is 0 Å². The van der Waals surface area contributed by atoms with Crippen LogP contribution in [-0.4, -0.2) is 50.6 Å². The third-order valence-corrected chi connectivity index (χ3v) is 2.48. The van der Waals surface area contributed by atoms with Gasteiger partial charge in [0.2, 0.25) is 5.91 Å². The molecule has 0 saturated heterocycles. The first-order valence-electron chi connectivity index (χ1n) is 7.11. The second-order valence-electron chi connectivity index (χ2n) is 5.68. The summed E-state index contributed by atoms with van der Waals surface area (Å²) >= 11 is 0. The molecule has 0 spiro atoms. The molecular weight excluding hydrogens is 399 g/mol. The fourth-order valence-corrected chi connectivity index (χ4v) is 1.55. The summed E-state index contributed by atoms with van der Waals surface area (Å²) in [4.78, 5) is 26.6. The zero-order valence-electron chi connectivity index (χ0n) is 14.1. The van der Waals surface area contributed by atoms with Crippen molar-refractivity contribution in [1.29, 1.82) is 0 Å². The molecule has 7 nitrogen and oxygen atoms in total. The first-order valence-corrected chi connectivity index (χ1v) is 7.11. The molecule has 0 saturated carbocycles. The van der Waals surface area contributed by atoms with E-state index in [0.717, 1.165) is 12.8 Å². The lowest BCUT2D eigenvalue weighted by molar-refractivity contribution is -0.140. The van der Waals surface area contributed by atoms with Crippen molar-refractivity contribution in [3.8, 4) is 0 Å². The number of esters is 1. The minimum absolute atomic E-state index is 0. The predicted octanol–water partition coefficient (Wildman–Crippen LogP) is 1.03. The predicted molar refractivity (Wildman–Crippen MR) is 98.5 cm³/mol. The monoisotopic (exact) mass is 428 g/mol. The Morgan fingerprint density at radius 1 is 1.14 bits per heavy atom. The fourth-order valence-electron chi connectivity index (χ4n) is 1.55. The number of halogens is 1. The van der Waals surface area contributed by atoms with Crippen LogP contribution >= 0.6 is 24.0 Å². The summed E-state index contributed by atoms with van der Waals surface area (Å²) in [5, 5.41) is 8.88. The molecule has 0 aliphatic rings. The molecule has 22 heavy (non-hydrogen) atoms. The van der Waals surface area contributed by atoms with Gasteiger partial charge in [0.05, 0.1) is 13.7 Å². The molecule has 0 radical (unpaired) electrons. The number of amides is 1. The van der Waals surface area contributed by atoms with Crippen molar-refractivity contribution >= 4 is 41.8 Å². The van der Waals surface area contributed by atoms with Crippen molar-refractivity contribution in [2.24, 2.45) is 4.99 Å². The van der Waals surface area contributed by atoms with Crippen molar-refractivity contribution in [2.75, 3.05) is 27.2 Å². The zero-order chi connectivity index (χ0) is 16.3. The summed E-state index contributed by atoms with van der Waals surface area (Å²) in [5.41, 5.74) is -0.246. The normalized spacial score (nSPS) is 11.2. The molecular formula is C14H29IN4O3. The largest absolute Gasteiger partial charge is 0.469 e. The Bertz CT molecular complexity index is 368. The summed E-state index contributed by atoms with van der Waals surface area (Å²) < 4.78 is 4.56. The molecule has 0 heterocycles. The highest BCUT2D eigenvalue weighted by Gasteiger charge is 2.13. The number of rotatable bonds is 7. The maximum atomic E-state index is 11.7. The van der Waals surface area contributed by atoms with Crippen molar-refractivity contribution < 1.29 is 14.3 Å². The zero-order valence-corrected chi connectivity index (χ0v) is 16.4. The number of carbonyl (C=O) groups excluding carboxylic acids is 2. The Morgan fingerprint density at radius 3 is 2.27 bits per heavy atom. The van der Waals surface area contributed by atoms with Gasteiger partial charge >= 0.3 is 5.97 Å². The second kappa shape index (κ2) is 12.5. The van der Waals surface area contributed by atoms with Crippen LogP contribution in [0.5, 0.6) is 0 Å². The number of hydrogen-bond donors (Lipinski definition) is 3. The van der Waals surface area contributed by atoms with Gasteiger partial charge < -0.3 is 20.7 Å². The van der Waals surface area contributed by atoms with Crippen LogP contribution in [0.2, 0.25) is 0 Å². The molecule has 0 rings (SSSR count). The number of hydrogen-bond acceptors (Lipinski definition) is 4. The lowest BCUT2D eigenvalue weighted by Crippen LogP contribution is -2.48. The molecule has 0 aromatic heterocycles. The van der Waals surface area contributed by atoms with Gasteiger partial charge in [0.25, 0.3) is 0 Å². The van der Waals surface area contributed by atoms with E-state index in [0.29, 0.717) is 18.9 Å². The van der Waals surface area contributed by atoms with E-state index in [2.05, 4.69) is 25.7 Å². The van der Waals surface area contributed by atoms with Crippen LogP contribution in [0.25, 0.3) is 0 Å². The maximum absolute atomic E-state index is 11.7. The summed E-state index contributed by atoms with van der Waals surface area (Å²) in [5.74, 6) is 0.282. The third-order valence-electron chi connectivity index (χ3n) is 2.48. The van der Waals surface area contributed by atoms with Gasteiger partial charge in [-0.05, 0) is 33.6 Å². The molecule has 0 aromatic rings. The van der Waals surface area contributed by atoms with Crippen molar-refractivity contribution in [2.45, 2.75) is 45.6 Å². The van der Waals surface area contributed by atoms with Crippen molar-refractivity contribution in [1.82, 2.24) is 16.0 Å². The Kier molecular flexibility index (Phi) is 13.2. The topological polar surface area (TPSA) is 91.8 Å². The van der Waals surface area contributed by atoms with Crippen LogP contribution in [-0.2, 0) is 14.3 Å². The third kappa shape index (κ3) is 13.9. The number of ether oxygens (including phenoxy) is 1. The van der Waals surface area contributed by atoms with Crippen molar-refractivity contribution in [3.05, 3.63) is 0 Å². The van der Waals surface area contributed by atoms with E-state index < -0.39 is 0 Å². The molecule has 0 aliphatic carbocycles. The van der Waals surface area contributed by atoms with Gasteiger partial charge in [-0.2, -0.15) is 0 Å². The van der Waals surface area contributed by atoms with Gasteiger partial charge in [0.1, 0.15) is 0 Å². The van der Waals surface area contributed by atoms with E-state index in [9.17, 15) is 9.59 Å². The number of carbonyl (C=O) groups is 2. The van der Waals surface area contributed by atoms with Gasteiger partial charge in [0, 0.05) is 25.6 Å². The SMILES string of the molecule is CN=C(NCCCCC(=O)OC)NCC(=O)NC(C)(C)C.I. The molecule has 0 bridgehead atoms. The summed E-state index contributed by atoms with van der Waals surface area (Å²) in [7, 11) is 3.03. The average Bonchev–Trinajstić information content (AvgIpc) is 2.39. The first kappa shape index (κ1) is 23.2. The summed E-state index contributed by atoms with van der Waals surface area (Å²) in [6, 6.07) is 0. The smallest absolute Gasteiger partial charge is 0.305 e. The molecule has 0 atom stereocenters. The van der Waals surface area contributed by atoms with Gasteiger partial charge in [-0.1, -0.05) is 0 Å². The van der Waals surface area contributed by atoms with Crippen LogP contribution in [0.4, 0.5) is 0 Å².